The summed E-state index contributed by atoms with van der Waals surface area (Å²) in [7, 11) is 3.08. The summed E-state index contributed by atoms with van der Waals surface area (Å²) in [5, 5.41) is 10.7. The van der Waals surface area contributed by atoms with Crippen LogP contribution < -0.4 is 24.3 Å². The minimum absolute atomic E-state index is 0.0267. The Morgan fingerprint density at radius 3 is 2.72 bits per heavy atom. The first-order valence-electron chi connectivity index (χ1n) is 11.6. The molecule has 1 amide bonds. The summed E-state index contributed by atoms with van der Waals surface area (Å²) in [5.41, 5.74) is 3.29. The zero-order valence-corrected chi connectivity index (χ0v) is 20.3. The van der Waals surface area contributed by atoms with E-state index in [0.29, 0.717) is 57.9 Å². The molecule has 0 saturated heterocycles. The molecule has 36 heavy (non-hydrogen) atoms. The van der Waals surface area contributed by atoms with Crippen molar-refractivity contribution in [2.75, 3.05) is 26.1 Å². The molecule has 186 valence electrons. The molecule has 3 heterocycles. The summed E-state index contributed by atoms with van der Waals surface area (Å²) in [4.78, 5) is 25.7. The van der Waals surface area contributed by atoms with Crippen LogP contribution in [0.2, 0.25) is 0 Å². The summed E-state index contributed by atoms with van der Waals surface area (Å²) in [6, 6.07) is 5.22. The highest BCUT2D eigenvalue weighted by atomic mass is 16.5. The normalized spacial score (nSPS) is 12.3. The molecule has 0 atom stereocenters. The number of aryl methyl sites for hydroxylation is 1. The highest BCUT2D eigenvalue weighted by molar-refractivity contribution is 5.92. The number of rotatable bonds is 9. The van der Waals surface area contributed by atoms with Gasteiger partial charge in [-0.3, -0.25) is 14.9 Å². The van der Waals surface area contributed by atoms with Crippen molar-refractivity contribution in [1.29, 1.82) is 0 Å². The third kappa shape index (κ3) is 4.59. The van der Waals surface area contributed by atoms with Crippen LogP contribution in [0.4, 0.5) is 5.82 Å². The molecule has 11 nitrogen and oxygen atoms in total. The van der Waals surface area contributed by atoms with E-state index >= 15 is 0 Å². The van der Waals surface area contributed by atoms with Crippen molar-refractivity contribution in [2.45, 2.75) is 32.6 Å². The highest BCUT2D eigenvalue weighted by Gasteiger charge is 2.21. The molecule has 3 aromatic heterocycles. The number of anilines is 1. The third-order valence-electron chi connectivity index (χ3n) is 5.92. The van der Waals surface area contributed by atoms with Crippen molar-refractivity contribution >= 4 is 22.6 Å². The van der Waals surface area contributed by atoms with Crippen LogP contribution in [0.5, 0.6) is 28.9 Å². The molecule has 4 aromatic rings. The Hall–Kier alpha value is -4.41. The number of H-pyrrole nitrogens is 1. The summed E-state index contributed by atoms with van der Waals surface area (Å²) in [6.45, 7) is 2.39. The third-order valence-corrected chi connectivity index (χ3v) is 5.92. The number of aromatic nitrogens is 5. The second-order valence-corrected chi connectivity index (χ2v) is 8.16. The average molecular weight is 491 g/mol. The zero-order chi connectivity index (χ0) is 25.1. The minimum atomic E-state index is -0.227. The Labute approximate surface area is 207 Å². The summed E-state index contributed by atoms with van der Waals surface area (Å²) < 4.78 is 22.6. The van der Waals surface area contributed by atoms with E-state index in [1.165, 1.54) is 19.6 Å². The first-order valence-corrected chi connectivity index (χ1v) is 11.6. The molecule has 0 spiro atoms. The molecular formula is C25H26N6O5. The lowest BCUT2D eigenvalue weighted by atomic mass is 10.2. The molecular weight excluding hydrogens is 464 g/mol. The number of ether oxygens (including phenoxy) is 4. The molecule has 2 N–H and O–H groups in total. The van der Waals surface area contributed by atoms with E-state index < -0.39 is 0 Å². The number of benzene rings is 1. The van der Waals surface area contributed by atoms with Crippen LogP contribution in [0.1, 0.15) is 30.3 Å². The Balaban J connectivity index is 1.35. The number of carbonyl (C=O) groups excluding carboxylic acids is 1. The number of carbonyl (C=O) groups is 1. The van der Waals surface area contributed by atoms with Crippen LogP contribution in [0, 0.1) is 0 Å². The fourth-order valence-corrected chi connectivity index (χ4v) is 4.23. The number of hydrogen-bond acceptors (Lipinski definition) is 9. The van der Waals surface area contributed by atoms with Gasteiger partial charge in [-0.1, -0.05) is 0 Å². The number of hydrogen-bond donors (Lipinski definition) is 2. The fraction of sp³-hybridized carbons (Fsp3) is 0.320. The van der Waals surface area contributed by atoms with Gasteiger partial charge in [-0.05, 0) is 32.3 Å². The van der Waals surface area contributed by atoms with Gasteiger partial charge in [0, 0.05) is 23.4 Å². The van der Waals surface area contributed by atoms with Crippen molar-refractivity contribution < 1.29 is 23.7 Å². The number of pyridine rings is 1. The number of methoxy groups -OCH3 is 2. The monoisotopic (exact) mass is 490 g/mol. The molecule has 1 aliphatic rings. The SMILES string of the molecule is CCOc1cc2ncnc(Oc3cnc(CC(=O)Nc4n[nH]c5c4CCC5)c(OC)c3)c2cc1OC. The summed E-state index contributed by atoms with van der Waals surface area (Å²) in [5.74, 6) is 2.63. The number of amides is 1. The van der Waals surface area contributed by atoms with Gasteiger partial charge in [-0.25, -0.2) is 9.97 Å². The van der Waals surface area contributed by atoms with Gasteiger partial charge in [-0.15, -0.1) is 0 Å². The van der Waals surface area contributed by atoms with Gasteiger partial charge in [0.2, 0.25) is 11.8 Å². The van der Waals surface area contributed by atoms with Gasteiger partial charge >= 0.3 is 0 Å². The van der Waals surface area contributed by atoms with Gasteiger partial charge in [0.25, 0.3) is 0 Å². The minimum Gasteiger partial charge on any atom is -0.495 e. The maximum absolute atomic E-state index is 12.7. The predicted molar refractivity (Wildman–Crippen MR) is 131 cm³/mol. The Bertz CT molecular complexity index is 1420. The maximum Gasteiger partial charge on any atom is 0.231 e. The van der Waals surface area contributed by atoms with E-state index in [2.05, 4.69) is 30.5 Å². The van der Waals surface area contributed by atoms with Gasteiger partial charge < -0.3 is 24.3 Å². The lowest BCUT2D eigenvalue weighted by Crippen LogP contribution is -2.17. The van der Waals surface area contributed by atoms with Crippen molar-refractivity contribution in [3.05, 3.63) is 47.7 Å². The van der Waals surface area contributed by atoms with Crippen molar-refractivity contribution in [2.24, 2.45) is 0 Å². The van der Waals surface area contributed by atoms with Crippen LogP contribution in [0.25, 0.3) is 10.9 Å². The van der Waals surface area contributed by atoms with Crippen LogP contribution in [0.3, 0.4) is 0 Å². The number of aromatic amines is 1. The fourth-order valence-electron chi connectivity index (χ4n) is 4.23. The van der Waals surface area contributed by atoms with E-state index in [0.717, 1.165) is 30.5 Å². The maximum atomic E-state index is 12.7. The molecule has 0 saturated carbocycles. The predicted octanol–water partition coefficient (Wildman–Crippen LogP) is 3.63. The Kier molecular flexibility index (Phi) is 6.52. The molecule has 5 rings (SSSR count). The molecule has 11 heteroatoms. The average Bonchev–Trinajstić information content (AvgIpc) is 3.50. The molecule has 0 radical (unpaired) electrons. The Morgan fingerprint density at radius 2 is 1.92 bits per heavy atom. The largest absolute Gasteiger partial charge is 0.495 e. The second-order valence-electron chi connectivity index (χ2n) is 8.16. The van der Waals surface area contributed by atoms with Crippen LogP contribution in [0.15, 0.2) is 30.7 Å². The van der Waals surface area contributed by atoms with Crippen molar-refractivity contribution in [3.8, 4) is 28.9 Å². The molecule has 0 bridgehead atoms. The van der Waals surface area contributed by atoms with E-state index in [1.54, 1.807) is 25.3 Å². The highest BCUT2D eigenvalue weighted by Crippen LogP contribution is 2.36. The molecule has 1 aromatic carbocycles. The lowest BCUT2D eigenvalue weighted by Gasteiger charge is -2.13. The van der Waals surface area contributed by atoms with Gasteiger partial charge in [0.1, 0.15) is 12.1 Å². The number of nitrogens with zero attached hydrogens (tertiary/aromatic N) is 4. The van der Waals surface area contributed by atoms with E-state index in [4.69, 9.17) is 18.9 Å². The first kappa shape index (κ1) is 23.3. The van der Waals surface area contributed by atoms with Gasteiger partial charge in [-0.2, -0.15) is 5.10 Å². The number of nitrogens with one attached hydrogen (secondary N) is 2. The summed E-state index contributed by atoms with van der Waals surface area (Å²) >= 11 is 0. The molecule has 1 aliphatic carbocycles. The molecule has 0 aliphatic heterocycles. The molecule has 0 unspecified atom stereocenters. The molecule has 0 fully saturated rings. The van der Waals surface area contributed by atoms with Crippen LogP contribution in [-0.2, 0) is 24.1 Å². The Morgan fingerprint density at radius 1 is 1.06 bits per heavy atom. The van der Waals surface area contributed by atoms with Crippen LogP contribution >= 0.6 is 0 Å². The smallest absolute Gasteiger partial charge is 0.231 e. The lowest BCUT2D eigenvalue weighted by molar-refractivity contribution is -0.115. The van der Waals surface area contributed by atoms with E-state index in [-0.39, 0.29) is 12.3 Å². The first-order chi connectivity index (χ1) is 17.6. The zero-order valence-electron chi connectivity index (χ0n) is 20.3. The number of fused-ring (bicyclic) bond motifs is 2. The standard InChI is InChI=1S/C25H26N6O5/c1-4-35-22-10-18-16(9-21(22)34-3)25(28-13-27-18)36-14-8-20(33-2)19(26-12-14)11-23(32)29-24-15-6-5-7-17(15)30-31-24/h8-10,12-13H,4-7,11H2,1-3H3,(H2,29,30,31,32). The van der Waals surface area contributed by atoms with E-state index in [9.17, 15) is 4.79 Å². The topological polar surface area (TPSA) is 133 Å². The van der Waals surface area contributed by atoms with Gasteiger partial charge in [0.05, 0.1) is 50.0 Å². The van der Waals surface area contributed by atoms with Gasteiger partial charge in [0.15, 0.2) is 23.1 Å². The quantitative estimate of drug-likeness (QED) is 0.361. The van der Waals surface area contributed by atoms with Crippen molar-refractivity contribution in [1.82, 2.24) is 25.1 Å². The summed E-state index contributed by atoms with van der Waals surface area (Å²) in [6.07, 6.45) is 5.89. The van der Waals surface area contributed by atoms with Crippen LogP contribution in [-0.4, -0.2) is 51.9 Å². The second kappa shape index (κ2) is 10.1. The van der Waals surface area contributed by atoms with E-state index in [1.807, 2.05) is 6.92 Å². The van der Waals surface area contributed by atoms with Crippen molar-refractivity contribution in [3.63, 3.8) is 0 Å².